The van der Waals surface area contributed by atoms with E-state index in [2.05, 4.69) is 19.2 Å². The fourth-order valence-corrected chi connectivity index (χ4v) is 5.66. The molecule has 0 aromatic carbocycles. The first-order valence-corrected chi connectivity index (χ1v) is 7.97. The quantitative estimate of drug-likeness (QED) is 0.705. The highest BCUT2D eigenvalue weighted by atomic mass is 32.2. The zero-order chi connectivity index (χ0) is 12.0. The van der Waals surface area contributed by atoms with Crippen molar-refractivity contribution >= 4 is 9.84 Å². The van der Waals surface area contributed by atoms with Crippen molar-refractivity contribution in [3.8, 4) is 0 Å². The molecule has 2 fully saturated rings. The third-order valence-electron chi connectivity index (χ3n) is 4.04. The van der Waals surface area contributed by atoms with E-state index in [0.29, 0.717) is 5.75 Å². The van der Waals surface area contributed by atoms with Gasteiger partial charge in [0.25, 0.3) is 0 Å². The van der Waals surface area contributed by atoms with Crippen LogP contribution in [0.25, 0.3) is 0 Å². The molecule has 0 aromatic heterocycles. The van der Waals surface area contributed by atoms with Crippen LogP contribution in [0.1, 0.15) is 40.0 Å². The van der Waals surface area contributed by atoms with Gasteiger partial charge >= 0.3 is 0 Å². The number of rotatable bonds is 0. The third-order valence-corrected chi connectivity index (χ3v) is 6.49. The largest absolute Gasteiger partial charge is 0.312 e. The smallest absolute Gasteiger partial charge is 0.155 e. The predicted molar refractivity (Wildman–Crippen MR) is 66.2 cm³/mol. The lowest BCUT2D eigenvalue weighted by Crippen LogP contribution is -2.48. The molecule has 4 heteroatoms. The summed E-state index contributed by atoms with van der Waals surface area (Å²) < 4.78 is 24.6. The maximum Gasteiger partial charge on any atom is 0.155 e. The normalized spacial score (nSPS) is 42.1. The van der Waals surface area contributed by atoms with Crippen molar-refractivity contribution in [3.63, 3.8) is 0 Å². The van der Waals surface area contributed by atoms with Crippen LogP contribution in [0.15, 0.2) is 0 Å². The van der Waals surface area contributed by atoms with Crippen LogP contribution < -0.4 is 5.32 Å². The van der Waals surface area contributed by atoms with Gasteiger partial charge in [-0.3, -0.25) is 0 Å². The van der Waals surface area contributed by atoms with Crippen molar-refractivity contribution in [1.82, 2.24) is 5.32 Å². The topological polar surface area (TPSA) is 46.2 Å². The number of nitrogens with one attached hydrogen (secondary N) is 1. The second-order valence-electron chi connectivity index (χ2n) is 6.39. The van der Waals surface area contributed by atoms with E-state index in [1.54, 1.807) is 0 Å². The van der Waals surface area contributed by atoms with Gasteiger partial charge in [-0.25, -0.2) is 8.42 Å². The standard InChI is InChI=1S/C12H23NO2S/c1-9-7-13-10-4-5-12(2,3)6-11(10)16(14,15)8-9/h9-11,13H,4-8H2,1-3H3. The van der Waals surface area contributed by atoms with Gasteiger partial charge in [0, 0.05) is 6.04 Å². The lowest BCUT2D eigenvalue weighted by molar-refractivity contribution is 0.210. The third kappa shape index (κ3) is 2.43. The molecule has 3 nitrogen and oxygen atoms in total. The Labute approximate surface area is 98.9 Å². The Morgan fingerprint density at radius 2 is 2.00 bits per heavy atom. The molecule has 0 radical (unpaired) electrons. The minimum atomic E-state index is -2.90. The van der Waals surface area contributed by atoms with Crippen molar-refractivity contribution in [1.29, 1.82) is 0 Å². The first kappa shape index (κ1) is 12.4. The summed E-state index contributed by atoms with van der Waals surface area (Å²) in [6.07, 6.45) is 2.95. The summed E-state index contributed by atoms with van der Waals surface area (Å²) in [4.78, 5) is 0. The fourth-order valence-electron chi connectivity index (χ4n) is 3.06. The molecule has 0 amide bonds. The summed E-state index contributed by atoms with van der Waals surface area (Å²) in [6.45, 7) is 7.24. The molecule has 3 unspecified atom stereocenters. The van der Waals surface area contributed by atoms with E-state index in [1.807, 2.05) is 6.92 Å². The summed E-state index contributed by atoms with van der Waals surface area (Å²) >= 11 is 0. The molecule has 1 heterocycles. The summed E-state index contributed by atoms with van der Waals surface area (Å²) in [7, 11) is -2.90. The fraction of sp³-hybridized carbons (Fsp3) is 1.00. The number of hydrogen-bond donors (Lipinski definition) is 1. The lowest BCUT2D eigenvalue weighted by atomic mass is 9.75. The van der Waals surface area contributed by atoms with Gasteiger partial charge in [-0.2, -0.15) is 0 Å². The van der Waals surface area contributed by atoms with Crippen LogP contribution in [0.3, 0.4) is 0 Å². The van der Waals surface area contributed by atoms with E-state index < -0.39 is 9.84 Å². The van der Waals surface area contributed by atoms with Gasteiger partial charge in [0.1, 0.15) is 0 Å². The van der Waals surface area contributed by atoms with E-state index in [0.717, 1.165) is 25.8 Å². The molecule has 1 N–H and O–H groups in total. The van der Waals surface area contributed by atoms with Gasteiger partial charge < -0.3 is 5.32 Å². The Kier molecular flexibility index (Phi) is 3.08. The van der Waals surface area contributed by atoms with Crippen molar-refractivity contribution in [3.05, 3.63) is 0 Å². The van der Waals surface area contributed by atoms with E-state index in [9.17, 15) is 8.42 Å². The Morgan fingerprint density at radius 1 is 1.31 bits per heavy atom. The molecular formula is C12H23NO2S. The molecule has 94 valence electrons. The van der Waals surface area contributed by atoms with Gasteiger partial charge in [0.05, 0.1) is 11.0 Å². The average Bonchev–Trinajstić information content (AvgIpc) is 2.23. The second kappa shape index (κ2) is 3.98. The van der Waals surface area contributed by atoms with Gasteiger partial charge in [-0.05, 0) is 37.1 Å². The molecule has 0 spiro atoms. The average molecular weight is 245 g/mol. The molecule has 0 aromatic rings. The SMILES string of the molecule is CC1CNC2CCC(C)(C)CC2S(=O)(=O)C1. The van der Waals surface area contributed by atoms with Crippen LogP contribution >= 0.6 is 0 Å². The highest BCUT2D eigenvalue weighted by Crippen LogP contribution is 2.39. The molecular weight excluding hydrogens is 222 g/mol. The first-order valence-electron chi connectivity index (χ1n) is 6.25. The summed E-state index contributed by atoms with van der Waals surface area (Å²) in [5.41, 5.74) is 0.184. The van der Waals surface area contributed by atoms with Gasteiger partial charge in [-0.1, -0.05) is 20.8 Å². The molecule has 3 atom stereocenters. The first-order chi connectivity index (χ1) is 7.30. The zero-order valence-corrected chi connectivity index (χ0v) is 11.3. The molecule has 0 bridgehead atoms. The molecule has 16 heavy (non-hydrogen) atoms. The maximum absolute atomic E-state index is 12.3. The molecule has 1 saturated heterocycles. The monoisotopic (exact) mass is 245 g/mol. The van der Waals surface area contributed by atoms with Crippen molar-refractivity contribution in [2.45, 2.75) is 51.3 Å². The van der Waals surface area contributed by atoms with Crippen molar-refractivity contribution < 1.29 is 8.42 Å². The van der Waals surface area contributed by atoms with E-state index in [4.69, 9.17) is 0 Å². The lowest BCUT2D eigenvalue weighted by Gasteiger charge is -2.39. The summed E-state index contributed by atoms with van der Waals surface area (Å²) in [5.74, 6) is 0.607. The van der Waals surface area contributed by atoms with Crippen LogP contribution in [0.2, 0.25) is 0 Å². The van der Waals surface area contributed by atoms with Gasteiger partial charge in [0.15, 0.2) is 9.84 Å². The molecule has 1 aliphatic heterocycles. The van der Waals surface area contributed by atoms with E-state index in [1.165, 1.54) is 0 Å². The molecule has 2 aliphatic rings. The zero-order valence-electron chi connectivity index (χ0n) is 10.5. The number of fused-ring (bicyclic) bond motifs is 1. The Morgan fingerprint density at radius 3 is 2.69 bits per heavy atom. The minimum Gasteiger partial charge on any atom is -0.312 e. The van der Waals surface area contributed by atoms with Crippen LogP contribution in [-0.4, -0.2) is 32.0 Å². The highest BCUT2D eigenvalue weighted by molar-refractivity contribution is 7.92. The Hall–Kier alpha value is -0.0900. The Balaban J connectivity index is 2.27. The second-order valence-corrected chi connectivity index (χ2v) is 8.66. The molecule has 2 rings (SSSR count). The molecule has 1 aliphatic carbocycles. The maximum atomic E-state index is 12.3. The van der Waals surface area contributed by atoms with Crippen molar-refractivity contribution in [2.75, 3.05) is 12.3 Å². The summed E-state index contributed by atoms with van der Waals surface area (Å²) in [6, 6.07) is 0.197. The van der Waals surface area contributed by atoms with Gasteiger partial charge in [0.2, 0.25) is 0 Å². The summed E-state index contributed by atoms with van der Waals surface area (Å²) in [5, 5.41) is 3.30. The van der Waals surface area contributed by atoms with Gasteiger partial charge in [-0.15, -0.1) is 0 Å². The minimum absolute atomic E-state index is 0.152. The number of hydrogen-bond acceptors (Lipinski definition) is 3. The number of sulfone groups is 1. The molecule has 1 saturated carbocycles. The predicted octanol–water partition coefficient (Wildman–Crippen LogP) is 1.59. The van der Waals surface area contributed by atoms with E-state index >= 15 is 0 Å². The highest BCUT2D eigenvalue weighted by Gasteiger charge is 2.43. The van der Waals surface area contributed by atoms with Crippen LogP contribution in [0.5, 0.6) is 0 Å². The van der Waals surface area contributed by atoms with E-state index in [-0.39, 0.29) is 22.6 Å². The van der Waals surface area contributed by atoms with Crippen LogP contribution in [0, 0.1) is 11.3 Å². The van der Waals surface area contributed by atoms with Crippen LogP contribution in [0.4, 0.5) is 0 Å². The van der Waals surface area contributed by atoms with Crippen molar-refractivity contribution in [2.24, 2.45) is 11.3 Å². The van der Waals surface area contributed by atoms with Crippen LogP contribution in [-0.2, 0) is 9.84 Å². The Bertz CT molecular complexity index is 361.